The van der Waals surface area contributed by atoms with Crippen molar-refractivity contribution in [3.8, 4) is 22.3 Å². The lowest BCUT2D eigenvalue weighted by Gasteiger charge is -2.26. The second-order valence-corrected chi connectivity index (χ2v) is 10.7. The second kappa shape index (κ2) is 12.6. The van der Waals surface area contributed by atoms with Gasteiger partial charge in [-0.05, 0) is 95.1 Å². The first kappa shape index (κ1) is 27.0. The van der Waals surface area contributed by atoms with Crippen LogP contribution < -0.4 is 9.80 Å². The second-order valence-electron chi connectivity index (χ2n) is 10.7. The van der Waals surface area contributed by atoms with Crippen molar-refractivity contribution in [3.63, 3.8) is 0 Å². The van der Waals surface area contributed by atoms with E-state index in [1.165, 1.54) is 22.3 Å². The Morgan fingerprint density at radius 3 is 0.659 bits per heavy atom. The fourth-order valence-corrected chi connectivity index (χ4v) is 5.67. The van der Waals surface area contributed by atoms with Crippen LogP contribution >= 0.6 is 0 Å². The van der Waals surface area contributed by atoms with Gasteiger partial charge < -0.3 is 9.80 Å². The van der Waals surface area contributed by atoms with E-state index < -0.39 is 0 Å². The summed E-state index contributed by atoms with van der Waals surface area (Å²) in [5.41, 5.74) is 11.5. The molecule has 0 spiro atoms. The number of hydrogen-bond donors (Lipinski definition) is 0. The third-order valence-corrected chi connectivity index (χ3v) is 7.86. The molecule has 0 heterocycles. The lowest BCUT2D eigenvalue weighted by molar-refractivity contribution is 1.28. The van der Waals surface area contributed by atoms with Crippen molar-refractivity contribution >= 4 is 34.1 Å². The monoisotopic (exact) mass is 564 g/mol. The summed E-state index contributed by atoms with van der Waals surface area (Å²) >= 11 is 0. The number of benzene rings is 7. The van der Waals surface area contributed by atoms with Crippen LogP contribution in [0.4, 0.5) is 34.1 Å². The molecular weight excluding hydrogens is 532 g/mol. The lowest BCUT2D eigenvalue weighted by atomic mass is 10.0. The maximum Gasteiger partial charge on any atom is 0.0462 e. The van der Waals surface area contributed by atoms with Gasteiger partial charge in [0.05, 0.1) is 0 Å². The third kappa shape index (κ3) is 5.74. The molecule has 0 atom stereocenters. The Morgan fingerprint density at radius 2 is 0.386 bits per heavy atom. The van der Waals surface area contributed by atoms with E-state index in [2.05, 4.69) is 204 Å². The van der Waals surface area contributed by atoms with Crippen LogP contribution in [0.2, 0.25) is 0 Å². The van der Waals surface area contributed by atoms with Gasteiger partial charge in [-0.15, -0.1) is 0 Å². The molecule has 210 valence electrons. The van der Waals surface area contributed by atoms with Gasteiger partial charge in [-0.1, -0.05) is 121 Å². The van der Waals surface area contributed by atoms with Crippen LogP contribution in [-0.4, -0.2) is 0 Å². The highest BCUT2D eigenvalue weighted by Gasteiger charge is 2.14. The highest BCUT2D eigenvalue weighted by Crippen LogP contribution is 2.38. The number of nitrogens with zero attached hydrogens (tertiary/aromatic N) is 2. The minimum Gasteiger partial charge on any atom is -0.311 e. The SMILES string of the molecule is c1ccc(-c2ccc(N(c3ccccc3)c3ccc(-c4ccc(N(c5ccccc5)c5ccccc5)cc4)cc3)cc2)cc1. The number of para-hydroxylation sites is 3. The van der Waals surface area contributed by atoms with Crippen LogP contribution in [0.15, 0.2) is 194 Å². The minimum absolute atomic E-state index is 1.11. The van der Waals surface area contributed by atoms with Gasteiger partial charge in [0, 0.05) is 34.1 Å². The van der Waals surface area contributed by atoms with Crippen LogP contribution in [0.3, 0.4) is 0 Å². The van der Waals surface area contributed by atoms with Crippen molar-refractivity contribution in [2.75, 3.05) is 9.80 Å². The van der Waals surface area contributed by atoms with Crippen LogP contribution in [0.5, 0.6) is 0 Å². The summed E-state index contributed by atoms with van der Waals surface area (Å²) < 4.78 is 0. The van der Waals surface area contributed by atoms with Crippen molar-refractivity contribution in [1.82, 2.24) is 0 Å². The van der Waals surface area contributed by atoms with Gasteiger partial charge in [-0.3, -0.25) is 0 Å². The molecule has 0 amide bonds. The van der Waals surface area contributed by atoms with Gasteiger partial charge in [-0.25, -0.2) is 0 Å². The molecule has 2 nitrogen and oxygen atoms in total. The Morgan fingerprint density at radius 1 is 0.182 bits per heavy atom. The van der Waals surface area contributed by atoms with Crippen molar-refractivity contribution in [2.24, 2.45) is 0 Å². The Bertz CT molecular complexity index is 1860. The molecule has 7 rings (SSSR count). The molecular formula is C42H32N2. The van der Waals surface area contributed by atoms with E-state index in [9.17, 15) is 0 Å². The molecule has 0 unspecified atom stereocenters. The van der Waals surface area contributed by atoms with E-state index in [4.69, 9.17) is 0 Å². The predicted octanol–water partition coefficient (Wildman–Crippen LogP) is 12.0. The molecule has 0 bridgehead atoms. The predicted molar refractivity (Wildman–Crippen MR) is 187 cm³/mol. The topological polar surface area (TPSA) is 6.48 Å². The van der Waals surface area contributed by atoms with Crippen molar-refractivity contribution in [2.45, 2.75) is 0 Å². The maximum absolute atomic E-state index is 2.30. The Hall–Kier alpha value is -5.86. The highest BCUT2D eigenvalue weighted by molar-refractivity contribution is 5.81. The van der Waals surface area contributed by atoms with E-state index in [0.29, 0.717) is 0 Å². The van der Waals surface area contributed by atoms with E-state index in [1.807, 2.05) is 0 Å². The van der Waals surface area contributed by atoms with Crippen molar-refractivity contribution in [3.05, 3.63) is 194 Å². The van der Waals surface area contributed by atoms with Crippen LogP contribution in [0.25, 0.3) is 22.3 Å². The van der Waals surface area contributed by atoms with Crippen LogP contribution in [0, 0.1) is 0 Å². The average Bonchev–Trinajstić information content (AvgIpc) is 3.11. The standard InChI is InChI=1S/C42H32N2/c1-5-13-33(14-6-1)34-21-27-41(28-22-34)44(39-19-11-4-12-20-39)42-31-25-36(26-32-42)35-23-29-40(30-24-35)43(37-15-7-2-8-16-37)38-17-9-3-10-18-38/h1-32H. The Kier molecular flexibility index (Phi) is 7.71. The zero-order valence-electron chi connectivity index (χ0n) is 24.4. The van der Waals surface area contributed by atoms with Gasteiger partial charge in [0.25, 0.3) is 0 Å². The minimum atomic E-state index is 1.11. The first-order valence-corrected chi connectivity index (χ1v) is 14.9. The van der Waals surface area contributed by atoms with Gasteiger partial charge in [0.1, 0.15) is 0 Å². The molecule has 44 heavy (non-hydrogen) atoms. The van der Waals surface area contributed by atoms with Crippen LogP contribution in [0.1, 0.15) is 0 Å². The van der Waals surface area contributed by atoms with Gasteiger partial charge in [0.15, 0.2) is 0 Å². The molecule has 0 fully saturated rings. The zero-order valence-corrected chi connectivity index (χ0v) is 24.4. The normalized spacial score (nSPS) is 10.7. The maximum atomic E-state index is 2.30. The molecule has 7 aromatic rings. The Labute approximate surface area is 259 Å². The summed E-state index contributed by atoms with van der Waals surface area (Å²) in [7, 11) is 0. The smallest absolute Gasteiger partial charge is 0.0462 e. The van der Waals surface area contributed by atoms with Crippen molar-refractivity contribution < 1.29 is 0 Å². The fourth-order valence-electron chi connectivity index (χ4n) is 5.67. The first-order valence-electron chi connectivity index (χ1n) is 14.9. The van der Waals surface area contributed by atoms with E-state index in [-0.39, 0.29) is 0 Å². The third-order valence-electron chi connectivity index (χ3n) is 7.86. The van der Waals surface area contributed by atoms with Crippen LogP contribution in [-0.2, 0) is 0 Å². The largest absolute Gasteiger partial charge is 0.311 e. The Balaban J connectivity index is 1.18. The van der Waals surface area contributed by atoms with Gasteiger partial charge in [0.2, 0.25) is 0 Å². The molecule has 2 heteroatoms. The summed E-state index contributed by atoms with van der Waals surface area (Å²) in [5.74, 6) is 0. The zero-order chi connectivity index (χ0) is 29.6. The summed E-state index contributed by atoms with van der Waals surface area (Å²) in [6.07, 6.45) is 0. The molecule has 0 aliphatic heterocycles. The molecule has 0 aliphatic rings. The quantitative estimate of drug-likeness (QED) is 0.181. The lowest BCUT2D eigenvalue weighted by Crippen LogP contribution is -2.09. The molecule has 0 aliphatic carbocycles. The summed E-state index contributed by atoms with van der Waals surface area (Å²) in [4.78, 5) is 4.59. The van der Waals surface area contributed by atoms with Crippen molar-refractivity contribution in [1.29, 1.82) is 0 Å². The molecule has 0 radical (unpaired) electrons. The van der Waals surface area contributed by atoms with Gasteiger partial charge >= 0.3 is 0 Å². The molecule has 0 saturated carbocycles. The summed E-state index contributed by atoms with van der Waals surface area (Å²) in [6.45, 7) is 0. The number of anilines is 6. The first-order chi connectivity index (χ1) is 21.8. The number of rotatable bonds is 8. The molecule has 0 aromatic heterocycles. The number of hydrogen-bond acceptors (Lipinski definition) is 2. The molecule has 0 saturated heterocycles. The summed E-state index contributed by atoms with van der Waals surface area (Å²) in [5, 5.41) is 0. The highest BCUT2D eigenvalue weighted by atomic mass is 15.1. The average molecular weight is 565 g/mol. The summed E-state index contributed by atoms with van der Waals surface area (Å²) in [6, 6.07) is 68.5. The molecule has 7 aromatic carbocycles. The molecule has 0 N–H and O–H groups in total. The van der Waals surface area contributed by atoms with E-state index in [0.717, 1.165) is 34.1 Å². The fraction of sp³-hybridized carbons (Fsp3) is 0. The van der Waals surface area contributed by atoms with E-state index >= 15 is 0 Å². The van der Waals surface area contributed by atoms with Gasteiger partial charge in [-0.2, -0.15) is 0 Å². The van der Waals surface area contributed by atoms with E-state index in [1.54, 1.807) is 0 Å².